The van der Waals surface area contributed by atoms with Crippen molar-refractivity contribution in [3.8, 4) is 56.3 Å². The number of H-pyrrole nitrogens is 3. The third-order valence-electron chi connectivity index (χ3n) is 21.9. The number of oxazole rings is 1. The average Bonchev–Trinajstić information content (AvgIpc) is 1.37. The summed E-state index contributed by atoms with van der Waals surface area (Å²) in [7, 11) is 4.32. The molecular formula is C99H78N24O11. The zero-order valence-electron chi connectivity index (χ0n) is 71.5. The second-order valence-corrected chi connectivity index (χ2v) is 29.8. The molecule has 0 aliphatic carbocycles. The predicted molar refractivity (Wildman–Crippen MR) is 496 cm³/mol. The lowest BCUT2D eigenvalue weighted by molar-refractivity contribution is -0.137. The van der Waals surface area contributed by atoms with E-state index in [1.165, 1.54) is 64.8 Å². The van der Waals surface area contributed by atoms with Gasteiger partial charge < -0.3 is 70.2 Å². The molecule has 0 saturated heterocycles. The maximum Gasteiger partial charge on any atom is 0.272 e. The molecule has 10 N–H and O–H groups in total. The van der Waals surface area contributed by atoms with Crippen LogP contribution < -0.4 is 30.7 Å². The third-order valence-corrected chi connectivity index (χ3v) is 21.9. The van der Waals surface area contributed by atoms with E-state index in [2.05, 4.69) is 122 Å². The number of anilines is 4. The molecule has 0 radical (unpaired) electrons. The van der Waals surface area contributed by atoms with Crippen molar-refractivity contribution >= 4 is 90.0 Å². The number of methoxy groups -OCH3 is 3. The van der Waals surface area contributed by atoms with Gasteiger partial charge in [-0.2, -0.15) is 30.6 Å². The highest BCUT2D eigenvalue weighted by Gasteiger charge is 2.50. The summed E-state index contributed by atoms with van der Waals surface area (Å²) in [6.45, 7) is 1.89. The quantitative estimate of drug-likeness (QED) is 0.0284. The molecule has 0 saturated carbocycles. The second kappa shape index (κ2) is 39.2. The molecule has 20 rings (SSSR count). The number of carbonyl (C=O) groups excluding carboxylic acids is 4. The highest BCUT2D eigenvalue weighted by Crippen LogP contribution is 2.41. The number of aliphatic hydroxyl groups is 3. The molecule has 4 atom stereocenters. The van der Waals surface area contributed by atoms with E-state index in [-0.39, 0.29) is 40.6 Å². The van der Waals surface area contributed by atoms with Gasteiger partial charge in [0.2, 0.25) is 34.5 Å². The van der Waals surface area contributed by atoms with Crippen LogP contribution in [0.1, 0.15) is 51.3 Å². The Labute approximate surface area is 761 Å². The van der Waals surface area contributed by atoms with Crippen molar-refractivity contribution in [1.29, 1.82) is 0 Å². The van der Waals surface area contributed by atoms with Gasteiger partial charge in [0.15, 0.2) is 17.5 Å². The number of pyridine rings is 7. The lowest BCUT2D eigenvalue weighted by atomic mass is 9.91. The van der Waals surface area contributed by atoms with E-state index in [0.29, 0.717) is 45.2 Å². The van der Waals surface area contributed by atoms with Crippen molar-refractivity contribution in [3.05, 3.63) is 394 Å². The highest BCUT2D eigenvalue weighted by molar-refractivity contribution is 6.06. The number of nitrogens with one attached hydrogen (secondary N) is 7. The number of ether oxygens (including phenoxy) is 3. The Morgan fingerprint density at radius 2 is 0.843 bits per heavy atom. The molecule has 134 heavy (non-hydrogen) atoms. The smallest absolute Gasteiger partial charge is 0.272 e. The first-order valence-electron chi connectivity index (χ1n) is 41.3. The first kappa shape index (κ1) is 87.9. The molecule has 20 aromatic rings. The molecule has 14 aromatic heterocycles. The summed E-state index contributed by atoms with van der Waals surface area (Å²) >= 11 is 0. The van der Waals surface area contributed by atoms with E-state index < -0.39 is 46.0 Å². The Morgan fingerprint density at radius 3 is 1.34 bits per heavy atom. The van der Waals surface area contributed by atoms with Gasteiger partial charge in [-0.15, -0.1) is 0 Å². The van der Waals surface area contributed by atoms with Crippen molar-refractivity contribution in [3.63, 3.8) is 0 Å². The molecule has 0 unspecified atom stereocenters. The van der Waals surface area contributed by atoms with Crippen LogP contribution in [0, 0.1) is 6.92 Å². The predicted octanol–water partition coefficient (Wildman–Crippen LogP) is 13.8. The standard InChI is InChI=1S/C25H20N6O4.C25H20N6O3.C25H20N6O2.C24H18N6O2/c1-33-21-7-3-6-20(31-21)25(34-2,24-29-9-10-35-24)23(32)30-18-11-17(13-26-14-18)19-15-27-12-16-5-4-8-28-22(16)19;1-34-22-21(13-16(14-28-22)19-15-29-31-20-10-6-5-9-18(19)20)30-24(32)25(33,23-26-11-12-27-23)17-7-3-2-4-8-17;1-16-19(20-14-29-31-21-10-6-5-9-18(20)21)13-26-15-22(16)30-24(32)25(33,23-27-11-12-28-23)17-7-3-2-4-8-17;31-23(24(32,22-26-10-11-27-22)17-6-2-1-3-7-17)29-18-12-16(13-25-14-18)20-15-28-30-21-9-5-4-8-19(20)21/h3-15H,1-2H3,(H,30,32);2-15,33H,1H3,(H,26,27)(H,30,32);2-15,33H,1H3,(H,27,28)(H,30,32);1-15,32H,(H,26,27)(H,29,31)/t3*25-;24-/m0000/s1. The molecule has 35 nitrogen and oxygen atoms in total. The van der Waals surface area contributed by atoms with E-state index in [9.17, 15) is 34.5 Å². The molecule has 0 bridgehead atoms. The molecule has 0 spiro atoms. The van der Waals surface area contributed by atoms with Crippen LogP contribution in [0.5, 0.6) is 11.8 Å². The Morgan fingerprint density at radius 1 is 0.381 bits per heavy atom. The number of nitrogens with zero attached hydrogens (tertiary/aromatic N) is 17. The van der Waals surface area contributed by atoms with Gasteiger partial charge in [-0.1, -0.05) is 152 Å². The second-order valence-electron chi connectivity index (χ2n) is 29.8. The number of carbonyl (C=O) groups is 4. The van der Waals surface area contributed by atoms with Gasteiger partial charge in [0, 0.05) is 176 Å². The molecule has 0 aliphatic rings. The Hall–Kier alpha value is -18.2. The number of aromatic nitrogens is 20. The minimum Gasteiger partial charge on any atom is -0.481 e. The molecule has 0 fully saturated rings. The van der Waals surface area contributed by atoms with Crippen LogP contribution in [0.25, 0.3) is 88.1 Å². The summed E-state index contributed by atoms with van der Waals surface area (Å²) in [5.41, 5.74) is 5.19. The van der Waals surface area contributed by atoms with Crippen LogP contribution in [0.15, 0.2) is 347 Å². The topological polar surface area (TPSA) is 484 Å². The number of hydrogen-bond donors (Lipinski definition) is 10. The molecule has 35 heteroatoms. The van der Waals surface area contributed by atoms with Crippen LogP contribution in [0.3, 0.4) is 0 Å². The molecule has 660 valence electrons. The van der Waals surface area contributed by atoms with E-state index in [1.54, 1.807) is 202 Å². The summed E-state index contributed by atoms with van der Waals surface area (Å²) in [5.74, 6) is -1.75. The average molecular weight is 1780 g/mol. The summed E-state index contributed by atoms with van der Waals surface area (Å²) in [5, 5.41) is 74.2. The molecule has 6 aromatic carbocycles. The largest absolute Gasteiger partial charge is 0.481 e. The fourth-order valence-corrected chi connectivity index (χ4v) is 15.1. The van der Waals surface area contributed by atoms with E-state index in [4.69, 9.17) is 18.6 Å². The molecule has 4 amide bonds. The highest BCUT2D eigenvalue weighted by atomic mass is 16.5. The first-order chi connectivity index (χ1) is 65.5. The minimum absolute atomic E-state index is 0.0184. The fourth-order valence-electron chi connectivity index (χ4n) is 15.1. The molecule has 14 heterocycles. The molecule has 0 aliphatic heterocycles. The number of aromatic amines is 3. The van der Waals surface area contributed by atoms with Gasteiger partial charge >= 0.3 is 0 Å². The number of imidazole rings is 3. The number of rotatable bonds is 23. The third kappa shape index (κ3) is 17.7. The molecular weight excluding hydrogens is 1700 g/mol. The number of hydrogen-bond acceptors (Lipinski definition) is 28. The summed E-state index contributed by atoms with van der Waals surface area (Å²) in [6, 6.07) is 63.0. The van der Waals surface area contributed by atoms with Gasteiger partial charge in [0.1, 0.15) is 12.0 Å². The normalized spacial score (nSPS) is 12.8. The summed E-state index contributed by atoms with van der Waals surface area (Å²) in [4.78, 5) is 110. The zero-order valence-corrected chi connectivity index (χ0v) is 71.5. The van der Waals surface area contributed by atoms with Gasteiger partial charge in [0.25, 0.3) is 29.2 Å². The Kier molecular flexibility index (Phi) is 25.7. The van der Waals surface area contributed by atoms with Crippen molar-refractivity contribution in [1.82, 2.24) is 100 Å². The van der Waals surface area contributed by atoms with Gasteiger partial charge in [-0.05, 0) is 67.1 Å². The first-order valence-corrected chi connectivity index (χ1v) is 41.3. The van der Waals surface area contributed by atoms with Gasteiger partial charge in [0.05, 0.1) is 102 Å². The van der Waals surface area contributed by atoms with Crippen molar-refractivity contribution in [2.45, 2.75) is 29.3 Å². The Bertz CT molecular complexity index is 7530. The van der Waals surface area contributed by atoms with Crippen LogP contribution >= 0.6 is 0 Å². The van der Waals surface area contributed by atoms with Crippen molar-refractivity contribution in [2.24, 2.45) is 0 Å². The number of amides is 4. The van der Waals surface area contributed by atoms with Crippen molar-refractivity contribution < 1.29 is 53.1 Å². The number of fused-ring (bicyclic) bond motifs is 4. The maximum atomic E-state index is 13.8. The summed E-state index contributed by atoms with van der Waals surface area (Å²) < 4.78 is 21.9. The maximum absolute atomic E-state index is 13.8. The van der Waals surface area contributed by atoms with Gasteiger partial charge in [-0.3, -0.25) is 44.1 Å². The van der Waals surface area contributed by atoms with Crippen LogP contribution in [0.4, 0.5) is 22.7 Å². The van der Waals surface area contributed by atoms with Crippen LogP contribution in [-0.2, 0) is 46.3 Å². The van der Waals surface area contributed by atoms with Gasteiger partial charge in [-0.25, -0.2) is 29.9 Å². The van der Waals surface area contributed by atoms with E-state index in [0.717, 1.165) is 88.1 Å². The minimum atomic E-state index is -2.07. The fraction of sp³-hybridized carbons (Fsp3) is 0.0808. The Balaban J connectivity index is 0.000000124. The monoisotopic (exact) mass is 1780 g/mol. The lowest BCUT2D eigenvalue weighted by Gasteiger charge is -2.27. The zero-order chi connectivity index (χ0) is 92.6. The van der Waals surface area contributed by atoms with Crippen LogP contribution in [0.2, 0.25) is 0 Å². The SMILES string of the molecule is COc1cccc([C@](OC)(C(=O)Nc2cncc(-c3cncc4cccnc34)c2)c2ncco2)n1.COc1ncc(-c2cnnc3ccccc23)cc1NC(=O)[C@](O)(c1ccccc1)c1ncc[nH]1.Cc1c(NC(=O)[C@](O)(c2ccccc2)c2ncc[nH]2)cncc1-c1cnnc2ccccc12.O=C(Nc1cncc(-c2cnnc3ccccc23)c1)[C@](O)(c1ccccc1)c1ncc[nH]1. The lowest BCUT2D eigenvalue weighted by Crippen LogP contribution is -2.44. The summed E-state index contributed by atoms with van der Waals surface area (Å²) in [6.07, 6.45) is 33.4. The van der Waals surface area contributed by atoms with E-state index in [1.807, 2.05) is 104 Å². The number of benzene rings is 6. The van der Waals surface area contributed by atoms with E-state index >= 15 is 0 Å². The van der Waals surface area contributed by atoms with Crippen molar-refractivity contribution in [2.75, 3.05) is 42.6 Å². The van der Waals surface area contributed by atoms with Crippen LogP contribution in [-0.4, -0.2) is 161 Å².